The van der Waals surface area contributed by atoms with Gasteiger partial charge in [-0.15, -0.1) is 0 Å². The highest BCUT2D eigenvalue weighted by molar-refractivity contribution is 7.92. The summed E-state index contributed by atoms with van der Waals surface area (Å²) in [5.74, 6) is 0.373. The zero-order chi connectivity index (χ0) is 23.5. The Balaban J connectivity index is 1.83. The summed E-state index contributed by atoms with van der Waals surface area (Å²) in [6.07, 6.45) is 0.709. The second-order valence-electron chi connectivity index (χ2n) is 8.99. The maximum Gasteiger partial charge on any atom is 0.262 e. The topological polar surface area (TPSA) is 76.0 Å². The molecule has 0 aliphatic carbocycles. The number of hydrogen-bond donors (Lipinski definition) is 2. The SMILES string of the molecule is Cc1c(NS(=O)(=O)c2ccc(-c3cccc(CNC(C)C)c3)cc2)c(CC(C)C)nn1C. The van der Waals surface area contributed by atoms with Gasteiger partial charge in [0.1, 0.15) is 0 Å². The van der Waals surface area contributed by atoms with Crippen LogP contribution in [0.3, 0.4) is 0 Å². The molecule has 0 atom stereocenters. The fourth-order valence-electron chi connectivity index (χ4n) is 3.54. The molecule has 0 radical (unpaired) electrons. The molecule has 7 heteroatoms. The summed E-state index contributed by atoms with van der Waals surface area (Å²) in [6.45, 7) is 11.1. The number of rotatable bonds is 9. The summed E-state index contributed by atoms with van der Waals surface area (Å²) < 4.78 is 30.7. The van der Waals surface area contributed by atoms with Crippen molar-refractivity contribution in [2.45, 2.75) is 58.5 Å². The Labute approximate surface area is 192 Å². The van der Waals surface area contributed by atoms with Crippen LogP contribution in [-0.2, 0) is 30.0 Å². The van der Waals surface area contributed by atoms with Crippen LogP contribution < -0.4 is 10.0 Å². The summed E-state index contributed by atoms with van der Waals surface area (Å²) in [4.78, 5) is 0.234. The lowest BCUT2D eigenvalue weighted by Gasteiger charge is -2.12. The van der Waals surface area contributed by atoms with Gasteiger partial charge >= 0.3 is 0 Å². The molecule has 6 nitrogen and oxygen atoms in total. The van der Waals surface area contributed by atoms with Crippen molar-refractivity contribution < 1.29 is 8.42 Å². The number of aryl methyl sites for hydroxylation is 1. The Bertz CT molecular complexity index is 1160. The average Bonchev–Trinajstić information content (AvgIpc) is 2.99. The number of benzene rings is 2. The van der Waals surface area contributed by atoms with Crippen LogP contribution in [0.15, 0.2) is 53.4 Å². The lowest BCUT2D eigenvalue weighted by atomic mass is 10.0. The smallest absolute Gasteiger partial charge is 0.262 e. The molecular formula is C25H34N4O2S. The van der Waals surface area contributed by atoms with E-state index in [1.807, 2.05) is 38.2 Å². The second-order valence-corrected chi connectivity index (χ2v) is 10.7. The standard InChI is InChI=1S/C25H34N4O2S/c1-17(2)14-24-25(19(5)29(6)27-24)28-32(30,31)23-12-10-21(11-13-23)22-9-7-8-20(15-22)16-26-18(3)4/h7-13,15,17-18,26,28H,14,16H2,1-6H3. The molecule has 0 aliphatic rings. The Morgan fingerprint density at radius 2 is 1.69 bits per heavy atom. The van der Waals surface area contributed by atoms with E-state index in [9.17, 15) is 8.42 Å². The molecule has 0 saturated heterocycles. The van der Waals surface area contributed by atoms with Crippen LogP contribution in [0.4, 0.5) is 5.69 Å². The van der Waals surface area contributed by atoms with Gasteiger partial charge in [0.2, 0.25) is 0 Å². The third kappa shape index (κ3) is 5.78. The van der Waals surface area contributed by atoms with Crippen molar-refractivity contribution in [2.75, 3.05) is 4.72 Å². The Morgan fingerprint density at radius 1 is 1.00 bits per heavy atom. The van der Waals surface area contributed by atoms with Crippen LogP contribution in [-0.4, -0.2) is 24.2 Å². The zero-order valence-corrected chi connectivity index (χ0v) is 20.6. The number of aromatic nitrogens is 2. The summed E-state index contributed by atoms with van der Waals surface area (Å²) in [5.41, 5.74) is 5.38. The van der Waals surface area contributed by atoms with Crippen LogP contribution in [0.1, 0.15) is 44.6 Å². The molecule has 3 rings (SSSR count). The molecular weight excluding hydrogens is 420 g/mol. The second kappa shape index (κ2) is 9.88. The summed E-state index contributed by atoms with van der Waals surface area (Å²) in [7, 11) is -1.89. The van der Waals surface area contributed by atoms with Crippen molar-refractivity contribution in [1.29, 1.82) is 0 Å². The summed E-state index contributed by atoms with van der Waals surface area (Å²) in [5, 5.41) is 7.92. The normalized spacial score (nSPS) is 12.0. The van der Waals surface area contributed by atoms with E-state index < -0.39 is 10.0 Å². The lowest BCUT2D eigenvalue weighted by molar-refractivity contribution is 0.589. The first kappa shape index (κ1) is 24.0. The van der Waals surface area contributed by atoms with E-state index in [-0.39, 0.29) is 4.90 Å². The quantitative estimate of drug-likeness (QED) is 0.482. The fraction of sp³-hybridized carbons (Fsp3) is 0.400. The van der Waals surface area contributed by atoms with Crippen LogP contribution in [0, 0.1) is 12.8 Å². The summed E-state index contributed by atoms with van der Waals surface area (Å²) in [6, 6.07) is 15.7. The van der Waals surface area contributed by atoms with E-state index in [0.717, 1.165) is 29.1 Å². The van der Waals surface area contributed by atoms with Gasteiger partial charge in [-0.05, 0) is 54.2 Å². The predicted octanol–water partition coefficient (Wildman–Crippen LogP) is 4.89. The Hall–Kier alpha value is -2.64. The minimum atomic E-state index is -3.72. The van der Waals surface area contributed by atoms with Gasteiger partial charge in [0, 0.05) is 19.6 Å². The van der Waals surface area contributed by atoms with Gasteiger partial charge in [0.15, 0.2) is 0 Å². The molecule has 0 unspecified atom stereocenters. The Kier molecular flexibility index (Phi) is 7.41. The predicted molar refractivity (Wildman–Crippen MR) is 131 cm³/mol. The van der Waals surface area contributed by atoms with E-state index in [2.05, 4.69) is 55.0 Å². The first-order valence-corrected chi connectivity index (χ1v) is 12.5. The Morgan fingerprint density at radius 3 is 2.31 bits per heavy atom. The van der Waals surface area contributed by atoms with Gasteiger partial charge in [-0.2, -0.15) is 5.10 Å². The van der Waals surface area contributed by atoms with Gasteiger partial charge < -0.3 is 5.32 Å². The van der Waals surface area contributed by atoms with E-state index in [0.29, 0.717) is 24.1 Å². The monoisotopic (exact) mass is 454 g/mol. The van der Waals surface area contributed by atoms with Crippen molar-refractivity contribution in [1.82, 2.24) is 15.1 Å². The van der Waals surface area contributed by atoms with Gasteiger partial charge in [-0.1, -0.05) is 58.0 Å². The summed E-state index contributed by atoms with van der Waals surface area (Å²) >= 11 is 0. The highest BCUT2D eigenvalue weighted by Crippen LogP contribution is 2.27. The van der Waals surface area contributed by atoms with E-state index in [1.165, 1.54) is 5.56 Å². The van der Waals surface area contributed by atoms with Crippen LogP contribution in [0.5, 0.6) is 0 Å². The molecule has 32 heavy (non-hydrogen) atoms. The lowest BCUT2D eigenvalue weighted by Crippen LogP contribution is -2.21. The van der Waals surface area contributed by atoms with Gasteiger partial charge in [0.05, 0.1) is 22.0 Å². The molecule has 0 saturated carbocycles. The molecule has 1 aromatic heterocycles. The number of anilines is 1. The number of nitrogens with zero attached hydrogens (tertiary/aromatic N) is 2. The highest BCUT2D eigenvalue weighted by Gasteiger charge is 2.21. The molecule has 2 N–H and O–H groups in total. The molecule has 0 spiro atoms. The van der Waals surface area contributed by atoms with Crippen LogP contribution in [0.25, 0.3) is 11.1 Å². The van der Waals surface area contributed by atoms with Crippen molar-refractivity contribution in [2.24, 2.45) is 13.0 Å². The fourth-order valence-corrected chi connectivity index (χ4v) is 4.69. The van der Waals surface area contributed by atoms with Crippen molar-refractivity contribution >= 4 is 15.7 Å². The molecule has 0 aliphatic heterocycles. The molecule has 0 bridgehead atoms. The van der Waals surface area contributed by atoms with Gasteiger partial charge in [-0.25, -0.2) is 8.42 Å². The number of sulfonamides is 1. The molecule has 2 aromatic carbocycles. The first-order valence-electron chi connectivity index (χ1n) is 11.0. The third-order valence-corrected chi connectivity index (χ3v) is 6.75. The number of hydrogen-bond acceptors (Lipinski definition) is 4. The number of nitrogens with one attached hydrogen (secondary N) is 2. The van der Waals surface area contributed by atoms with E-state index in [4.69, 9.17) is 0 Å². The highest BCUT2D eigenvalue weighted by atomic mass is 32.2. The maximum absolute atomic E-state index is 13.1. The first-order chi connectivity index (χ1) is 15.1. The van der Waals surface area contributed by atoms with Gasteiger partial charge in [-0.3, -0.25) is 9.40 Å². The minimum absolute atomic E-state index is 0.234. The van der Waals surface area contributed by atoms with Gasteiger partial charge in [0.25, 0.3) is 10.0 Å². The maximum atomic E-state index is 13.1. The third-order valence-electron chi connectivity index (χ3n) is 5.38. The van der Waals surface area contributed by atoms with Crippen molar-refractivity contribution in [3.8, 4) is 11.1 Å². The molecule has 0 fully saturated rings. The molecule has 3 aromatic rings. The molecule has 0 amide bonds. The van der Waals surface area contributed by atoms with E-state index in [1.54, 1.807) is 16.8 Å². The zero-order valence-electron chi connectivity index (χ0n) is 19.8. The van der Waals surface area contributed by atoms with Crippen molar-refractivity contribution in [3.05, 3.63) is 65.5 Å². The van der Waals surface area contributed by atoms with Crippen LogP contribution >= 0.6 is 0 Å². The van der Waals surface area contributed by atoms with Crippen molar-refractivity contribution in [3.63, 3.8) is 0 Å². The largest absolute Gasteiger partial charge is 0.310 e. The minimum Gasteiger partial charge on any atom is -0.310 e. The van der Waals surface area contributed by atoms with Crippen LogP contribution in [0.2, 0.25) is 0 Å². The average molecular weight is 455 g/mol. The van der Waals surface area contributed by atoms with E-state index >= 15 is 0 Å². The molecule has 1 heterocycles. The molecule has 172 valence electrons.